The summed E-state index contributed by atoms with van der Waals surface area (Å²) in [6.45, 7) is 0.0562. The number of carboxylic acid groups (broad SMARTS) is 1. The van der Waals surface area contributed by atoms with Crippen LogP contribution in [0.5, 0.6) is 0 Å². The maximum atomic E-state index is 13.0. The van der Waals surface area contributed by atoms with Crippen LogP contribution in [0.1, 0.15) is 12.0 Å². The van der Waals surface area contributed by atoms with E-state index < -0.39 is 40.5 Å². The van der Waals surface area contributed by atoms with Gasteiger partial charge in [0.2, 0.25) is 0 Å². The van der Waals surface area contributed by atoms with Crippen LogP contribution < -0.4 is 5.32 Å². The van der Waals surface area contributed by atoms with Crippen molar-refractivity contribution in [2.24, 2.45) is 5.92 Å². The van der Waals surface area contributed by atoms with Crippen molar-refractivity contribution >= 4 is 17.3 Å². The third kappa shape index (κ3) is 3.24. The van der Waals surface area contributed by atoms with Crippen molar-refractivity contribution in [3.8, 4) is 0 Å². The second-order valence-corrected chi connectivity index (χ2v) is 4.56. The lowest BCUT2D eigenvalue weighted by Gasteiger charge is -2.19. The Kier molecular flexibility index (Phi) is 4.32. The lowest BCUT2D eigenvalue weighted by atomic mass is 10.0. The van der Waals surface area contributed by atoms with Crippen LogP contribution >= 0.6 is 0 Å². The van der Waals surface area contributed by atoms with Gasteiger partial charge in [0.05, 0.1) is 24.2 Å². The molecule has 9 heteroatoms. The molecular weight excluding hydrogens is 290 g/mol. The standard InChI is InChI=1S/C12H12F2N2O5/c13-11(14)7-3-6(16(19)20)1-2-9(7)15-10-5-21-4-8(10)12(17)18/h1-3,8,10-11,15H,4-5H2,(H,17,18). The summed E-state index contributed by atoms with van der Waals surface area (Å²) in [7, 11) is 0. The van der Waals surface area contributed by atoms with Crippen LogP contribution in [0, 0.1) is 16.0 Å². The quantitative estimate of drug-likeness (QED) is 0.637. The number of alkyl halides is 2. The SMILES string of the molecule is O=C(O)C1COCC1Nc1ccc([N+](=O)[O-])cc1C(F)F. The van der Waals surface area contributed by atoms with Gasteiger partial charge in [0.15, 0.2) is 0 Å². The number of benzene rings is 1. The number of hydrogen-bond acceptors (Lipinski definition) is 5. The zero-order valence-electron chi connectivity index (χ0n) is 10.7. The molecule has 1 fully saturated rings. The number of aliphatic carboxylic acids is 1. The number of carboxylic acids is 1. The Morgan fingerprint density at radius 2 is 2.19 bits per heavy atom. The zero-order chi connectivity index (χ0) is 15.6. The van der Waals surface area contributed by atoms with E-state index in [1.165, 1.54) is 0 Å². The first kappa shape index (κ1) is 15.1. The molecule has 0 spiro atoms. The van der Waals surface area contributed by atoms with Gasteiger partial charge in [-0.15, -0.1) is 0 Å². The maximum Gasteiger partial charge on any atom is 0.311 e. The molecule has 2 rings (SSSR count). The van der Waals surface area contributed by atoms with Gasteiger partial charge in [-0.05, 0) is 6.07 Å². The van der Waals surface area contributed by atoms with E-state index in [0.29, 0.717) is 0 Å². The van der Waals surface area contributed by atoms with Gasteiger partial charge in [-0.25, -0.2) is 8.78 Å². The van der Waals surface area contributed by atoms with E-state index >= 15 is 0 Å². The molecule has 2 unspecified atom stereocenters. The van der Waals surface area contributed by atoms with E-state index in [0.717, 1.165) is 18.2 Å². The number of halogens is 2. The summed E-state index contributed by atoms with van der Waals surface area (Å²) in [6.07, 6.45) is -2.92. The fourth-order valence-electron chi connectivity index (χ4n) is 2.12. The molecule has 0 amide bonds. The molecule has 0 aliphatic carbocycles. The number of nitrogens with one attached hydrogen (secondary N) is 1. The molecule has 0 radical (unpaired) electrons. The first-order valence-electron chi connectivity index (χ1n) is 6.03. The second kappa shape index (κ2) is 6.00. The highest BCUT2D eigenvalue weighted by molar-refractivity contribution is 5.72. The second-order valence-electron chi connectivity index (χ2n) is 4.56. The van der Waals surface area contributed by atoms with Gasteiger partial charge in [-0.3, -0.25) is 14.9 Å². The Hall–Kier alpha value is -2.29. The first-order chi connectivity index (χ1) is 9.90. The molecule has 1 aromatic carbocycles. The van der Waals surface area contributed by atoms with Crippen LogP contribution in [-0.4, -0.2) is 35.3 Å². The van der Waals surface area contributed by atoms with Crippen molar-refractivity contribution < 1.29 is 28.3 Å². The predicted molar refractivity (Wildman–Crippen MR) is 67.4 cm³/mol. The molecule has 1 aliphatic rings. The van der Waals surface area contributed by atoms with Gasteiger partial charge in [-0.2, -0.15) is 0 Å². The maximum absolute atomic E-state index is 13.0. The van der Waals surface area contributed by atoms with Gasteiger partial charge >= 0.3 is 5.97 Å². The molecule has 0 bridgehead atoms. The normalized spacial score (nSPS) is 21.5. The predicted octanol–water partition coefficient (Wildman–Crippen LogP) is 2.04. The van der Waals surface area contributed by atoms with E-state index in [2.05, 4.69) is 5.32 Å². The van der Waals surface area contributed by atoms with Crippen LogP contribution in [-0.2, 0) is 9.53 Å². The molecule has 114 valence electrons. The van der Waals surface area contributed by atoms with Crippen LogP contribution in [0.3, 0.4) is 0 Å². The van der Waals surface area contributed by atoms with Crippen molar-refractivity contribution in [3.63, 3.8) is 0 Å². The Bertz CT molecular complexity index is 567. The van der Waals surface area contributed by atoms with Crippen molar-refractivity contribution in [1.29, 1.82) is 0 Å². The molecule has 21 heavy (non-hydrogen) atoms. The van der Waals surface area contributed by atoms with Crippen LogP contribution in [0.25, 0.3) is 0 Å². The fraction of sp³-hybridized carbons (Fsp3) is 0.417. The highest BCUT2D eigenvalue weighted by Gasteiger charge is 2.34. The number of anilines is 1. The highest BCUT2D eigenvalue weighted by atomic mass is 19.3. The van der Waals surface area contributed by atoms with Crippen molar-refractivity contribution in [3.05, 3.63) is 33.9 Å². The lowest BCUT2D eigenvalue weighted by Crippen LogP contribution is -2.33. The summed E-state index contributed by atoms with van der Waals surface area (Å²) in [4.78, 5) is 20.9. The minimum absolute atomic E-state index is 0.00993. The van der Waals surface area contributed by atoms with E-state index in [9.17, 15) is 23.7 Å². The molecule has 7 nitrogen and oxygen atoms in total. The number of hydrogen-bond donors (Lipinski definition) is 2. The van der Waals surface area contributed by atoms with Gasteiger partial charge in [0.1, 0.15) is 5.92 Å². The van der Waals surface area contributed by atoms with Crippen molar-refractivity contribution in [2.45, 2.75) is 12.5 Å². The van der Waals surface area contributed by atoms with Gasteiger partial charge < -0.3 is 15.2 Å². The van der Waals surface area contributed by atoms with Crippen molar-refractivity contribution in [2.75, 3.05) is 18.5 Å². The van der Waals surface area contributed by atoms with Crippen LogP contribution in [0.4, 0.5) is 20.2 Å². The van der Waals surface area contributed by atoms with Gasteiger partial charge in [-0.1, -0.05) is 0 Å². The molecule has 1 saturated heterocycles. The number of nitro groups is 1. The Balaban J connectivity index is 2.27. The highest BCUT2D eigenvalue weighted by Crippen LogP contribution is 2.32. The number of carbonyl (C=O) groups is 1. The largest absolute Gasteiger partial charge is 0.481 e. The van der Waals surface area contributed by atoms with Crippen LogP contribution in [0.2, 0.25) is 0 Å². The molecule has 0 saturated carbocycles. The smallest absolute Gasteiger partial charge is 0.311 e. The number of ether oxygens (including phenoxy) is 1. The molecule has 1 aliphatic heterocycles. The first-order valence-corrected chi connectivity index (χ1v) is 6.03. The third-order valence-electron chi connectivity index (χ3n) is 3.22. The molecule has 2 atom stereocenters. The Morgan fingerprint density at radius 1 is 1.48 bits per heavy atom. The van der Waals surface area contributed by atoms with Crippen molar-refractivity contribution in [1.82, 2.24) is 0 Å². The zero-order valence-corrected chi connectivity index (χ0v) is 10.7. The van der Waals surface area contributed by atoms with Gasteiger partial charge in [0, 0.05) is 23.4 Å². The average molecular weight is 302 g/mol. The fourth-order valence-corrected chi connectivity index (χ4v) is 2.12. The minimum Gasteiger partial charge on any atom is -0.481 e. The summed E-state index contributed by atoms with van der Waals surface area (Å²) in [6, 6.07) is 2.34. The summed E-state index contributed by atoms with van der Waals surface area (Å²) in [5.41, 5.74) is -1.02. The summed E-state index contributed by atoms with van der Waals surface area (Å²) in [5.74, 6) is -1.95. The number of rotatable bonds is 5. The lowest BCUT2D eigenvalue weighted by molar-refractivity contribution is -0.385. The third-order valence-corrected chi connectivity index (χ3v) is 3.22. The Labute approximate surface area is 117 Å². The van der Waals surface area contributed by atoms with Gasteiger partial charge in [0.25, 0.3) is 12.1 Å². The number of nitrogens with zero attached hydrogens (tertiary/aromatic N) is 1. The molecular formula is C12H12F2N2O5. The van der Waals surface area contributed by atoms with E-state index in [-0.39, 0.29) is 18.9 Å². The molecule has 1 heterocycles. The average Bonchev–Trinajstić information content (AvgIpc) is 2.87. The minimum atomic E-state index is -2.92. The molecule has 1 aromatic rings. The van der Waals surface area contributed by atoms with Crippen LogP contribution in [0.15, 0.2) is 18.2 Å². The topological polar surface area (TPSA) is 102 Å². The summed E-state index contributed by atoms with van der Waals surface area (Å²) >= 11 is 0. The Morgan fingerprint density at radius 3 is 2.76 bits per heavy atom. The summed E-state index contributed by atoms with van der Waals surface area (Å²) in [5, 5.41) is 22.3. The van der Waals surface area contributed by atoms with E-state index in [1.54, 1.807) is 0 Å². The number of nitro benzene ring substituents is 1. The molecule has 0 aromatic heterocycles. The monoisotopic (exact) mass is 302 g/mol. The number of non-ortho nitro benzene ring substituents is 1. The summed E-state index contributed by atoms with van der Waals surface area (Å²) < 4.78 is 31.0. The van der Waals surface area contributed by atoms with E-state index in [1.807, 2.05) is 0 Å². The van der Waals surface area contributed by atoms with E-state index in [4.69, 9.17) is 9.84 Å². The molecule has 2 N–H and O–H groups in total.